The van der Waals surface area contributed by atoms with Crippen LogP contribution in [0.2, 0.25) is 0 Å². The average molecular weight is 176 g/mol. The zero-order valence-corrected chi connectivity index (χ0v) is 6.84. The molecule has 1 rings (SSSR count). The maximum atomic E-state index is 10.5. The maximum Gasteiger partial charge on any atom is 0.321 e. The lowest BCUT2D eigenvalue weighted by atomic mass is 10.0. The topological polar surface area (TPSA) is 74.0 Å². The minimum atomic E-state index is -1.09. The third kappa shape index (κ3) is 2.56. The van der Waals surface area contributed by atoms with E-state index in [-0.39, 0.29) is 6.42 Å². The van der Waals surface area contributed by atoms with Crippen molar-refractivity contribution >= 4 is 5.97 Å². The molecule has 0 saturated heterocycles. The molecule has 0 radical (unpaired) electrons. The van der Waals surface area contributed by atoms with Gasteiger partial charge in [-0.15, -0.1) is 0 Å². The molecule has 0 aromatic carbocycles. The monoisotopic (exact) mass is 176 g/mol. The van der Waals surface area contributed by atoms with Gasteiger partial charge in [0.25, 0.3) is 0 Å². The molecule has 0 aliphatic heterocycles. The number of hydrogen-bond donors (Lipinski definition) is 1. The van der Waals surface area contributed by atoms with Crippen LogP contribution in [-0.4, -0.2) is 16.1 Å². The highest BCUT2D eigenvalue weighted by atomic mass is 16.4. The molecule has 0 bridgehead atoms. The van der Waals surface area contributed by atoms with Crippen molar-refractivity contribution in [2.24, 2.45) is 5.92 Å². The molecular weight excluding hydrogens is 168 g/mol. The van der Waals surface area contributed by atoms with Crippen molar-refractivity contribution in [2.45, 2.75) is 6.42 Å². The summed E-state index contributed by atoms with van der Waals surface area (Å²) in [5.74, 6) is -2.07. The van der Waals surface area contributed by atoms with Crippen molar-refractivity contribution in [3.05, 3.63) is 30.1 Å². The summed E-state index contributed by atoms with van der Waals surface area (Å²) in [6, 6.07) is 5.19. The molecule has 1 atom stereocenters. The number of pyridine rings is 1. The molecule has 66 valence electrons. The van der Waals surface area contributed by atoms with E-state index >= 15 is 0 Å². The smallest absolute Gasteiger partial charge is 0.321 e. The molecule has 0 unspecified atom stereocenters. The van der Waals surface area contributed by atoms with Gasteiger partial charge in [-0.25, -0.2) is 0 Å². The normalized spacial score (nSPS) is 11.6. The minimum absolute atomic E-state index is 0.208. The number of hydrogen-bond acceptors (Lipinski definition) is 3. The SMILES string of the molecule is N#C[C@@H](Cc1cccnc1)C(=O)O. The van der Waals surface area contributed by atoms with Gasteiger partial charge in [-0.3, -0.25) is 9.78 Å². The maximum absolute atomic E-state index is 10.5. The molecule has 0 aliphatic carbocycles. The third-order valence-electron chi connectivity index (χ3n) is 1.62. The first-order valence-electron chi connectivity index (χ1n) is 3.75. The van der Waals surface area contributed by atoms with Gasteiger partial charge in [0.05, 0.1) is 6.07 Å². The second-order valence-electron chi connectivity index (χ2n) is 2.59. The Hall–Kier alpha value is -1.89. The van der Waals surface area contributed by atoms with E-state index in [1.165, 1.54) is 0 Å². The molecule has 1 aromatic heterocycles. The zero-order chi connectivity index (χ0) is 9.68. The first-order valence-corrected chi connectivity index (χ1v) is 3.75. The van der Waals surface area contributed by atoms with Gasteiger partial charge in [0.15, 0.2) is 0 Å². The van der Waals surface area contributed by atoms with E-state index in [0.29, 0.717) is 0 Å². The lowest BCUT2D eigenvalue weighted by Gasteiger charge is -2.01. The number of carbonyl (C=O) groups is 1. The highest BCUT2D eigenvalue weighted by Crippen LogP contribution is 2.06. The van der Waals surface area contributed by atoms with E-state index in [1.807, 2.05) is 0 Å². The highest BCUT2D eigenvalue weighted by molar-refractivity contribution is 5.73. The van der Waals surface area contributed by atoms with Crippen LogP contribution in [-0.2, 0) is 11.2 Å². The summed E-state index contributed by atoms with van der Waals surface area (Å²) in [4.78, 5) is 14.3. The van der Waals surface area contributed by atoms with Crippen molar-refractivity contribution in [1.82, 2.24) is 4.98 Å². The second kappa shape index (κ2) is 4.21. The highest BCUT2D eigenvalue weighted by Gasteiger charge is 2.16. The van der Waals surface area contributed by atoms with Crippen LogP contribution in [0.4, 0.5) is 0 Å². The number of aromatic nitrogens is 1. The van der Waals surface area contributed by atoms with Gasteiger partial charge in [-0.2, -0.15) is 5.26 Å². The third-order valence-corrected chi connectivity index (χ3v) is 1.62. The predicted molar refractivity (Wildman–Crippen MR) is 44.7 cm³/mol. The first kappa shape index (κ1) is 9.20. The van der Waals surface area contributed by atoms with E-state index in [2.05, 4.69) is 4.98 Å². The fourth-order valence-corrected chi connectivity index (χ4v) is 0.943. The van der Waals surface area contributed by atoms with E-state index in [9.17, 15) is 4.79 Å². The summed E-state index contributed by atoms with van der Waals surface area (Å²) in [7, 11) is 0. The fourth-order valence-electron chi connectivity index (χ4n) is 0.943. The quantitative estimate of drug-likeness (QED) is 0.740. The first-order chi connectivity index (χ1) is 6.24. The zero-order valence-electron chi connectivity index (χ0n) is 6.84. The Morgan fingerprint density at radius 2 is 2.54 bits per heavy atom. The van der Waals surface area contributed by atoms with Crippen LogP contribution >= 0.6 is 0 Å². The van der Waals surface area contributed by atoms with E-state index < -0.39 is 11.9 Å². The van der Waals surface area contributed by atoms with Crippen LogP contribution in [0.5, 0.6) is 0 Å². The summed E-state index contributed by atoms with van der Waals surface area (Å²) >= 11 is 0. The summed E-state index contributed by atoms with van der Waals surface area (Å²) < 4.78 is 0. The molecule has 13 heavy (non-hydrogen) atoms. The summed E-state index contributed by atoms with van der Waals surface area (Å²) in [5.41, 5.74) is 0.761. The summed E-state index contributed by atoms with van der Waals surface area (Å²) in [6.07, 6.45) is 3.37. The predicted octanol–water partition coefficient (Wildman–Crippen LogP) is 0.848. The molecular formula is C9H8N2O2. The van der Waals surface area contributed by atoms with E-state index in [0.717, 1.165) is 5.56 Å². The van der Waals surface area contributed by atoms with Gasteiger partial charge in [0.1, 0.15) is 5.92 Å². The van der Waals surface area contributed by atoms with Crippen molar-refractivity contribution in [3.63, 3.8) is 0 Å². The molecule has 1 heterocycles. The van der Waals surface area contributed by atoms with Gasteiger partial charge < -0.3 is 5.11 Å². The van der Waals surface area contributed by atoms with E-state index in [4.69, 9.17) is 10.4 Å². The largest absolute Gasteiger partial charge is 0.480 e. The molecule has 0 saturated carbocycles. The van der Waals surface area contributed by atoms with Crippen molar-refractivity contribution in [3.8, 4) is 6.07 Å². The number of carboxylic acid groups (broad SMARTS) is 1. The molecule has 4 nitrogen and oxygen atoms in total. The standard InChI is InChI=1S/C9H8N2O2/c10-5-8(9(12)13)4-7-2-1-3-11-6-7/h1-3,6,8H,4H2,(H,12,13)/t8-/m1/s1. The number of carboxylic acids is 1. The van der Waals surface area contributed by atoms with Crippen molar-refractivity contribution < 1.29 is 9.90 Å². The Balaban J connectivity index is 2.69. The number of aliphatic carboxylic acids is 1. The van der Waals surface area contributed by atoms with Gasteiger partial charge >= 0.3 is 5.97 Å². The number of nitriles is 1. The van der Waals surface area contributed by atoms with Gasteiger partial charge in [0.2, 0.25) is 0 Å². The van der Waals surface area contributed by atoms with Crippen LogP contribution < -0.4 is 0 Å². The molecule has 0 aliphatic rings. The van der Waals surface area contributed by atoms with Crippen LogP contribution in [0.15, 0.2) is 24.5 Å². The minimum Gasteiger partial charge on any atom is -0.480 e. The Morgan fingerprint density at radius 3 is 3.00 bits per heavy atom. The second-order valence-corrected chi connectivity index (χ2v) is 2.59. The lowest BCUT2D eigenvalue weighted by Crippen LogP contribution is -2.14. The van der Waals surface area contributed by atoms with E-state index in [1.54, 1.807) is 30.6 Å². The van der Waals surface area contributed by atoms with Crippen molar-refractivity contribution in [1.29, 1.82) is 5.26 Å². The summed E-state index contributed by atoms with van der Waals surface area (Å²) in [6.45, 7) is 0. The molecule has 4 heteroatoms. The molecule has 1 N–H and O–H groups in total. The Morgan fingerprint density at radius 1 is 1.77 bits per heavy atom. The average Bonchev–Trinajstić information content (AvgIpc) is 2.15. The van der Waals surface area contributed by atoms with Gasteiger partial charge in [-0.1, -0.05) is 6.07 Å². The van der Waals surface area contributed by atoms with Crippen LogP contribution in [0.1, 0.15) is 5.56 Å². The van der Waals surface area contributed by atoms with Crippen LogP contribution in [0.3, 0.4) is 0 Å². The number of rotatable bonds is 3. The van der Waals surface area contributed by atoms with Crippen LogP contribution in [0, 0.1) is 17.2 Å². The van der Waals surface area contributed by atoms with Crippen LogP contribution in [0.25, 0.3) is 0 Å². The van der Waals surface area contributed by atoms with Gasteiger partial charge in [-0.05, 0) is 11.6 Å². The number of nitrogens with zero attached hydrogens (tertiary/aromatic N) is 2. The lowest BCUT2D eigenvalue weighted by molar-refractivity contribution is -0.139. The Labute approximate surface area is 75.5 Å². The fraction of sp³-hybridized carbons (Fsp3) is 0.222. The van der Waals surface area contributed by atoms with Crippen molar-refractivity contribution in [2.75, 3.05) is 0 Å². The van der Waals surface area contributed by atoms with Gasteiger partial charge in [0, 0.05) is 18.8 Å². The molecule has 1 aromatic rings. The molecule has 0 amide bonds. The Bertz CT molecular complexity index is 329. The molecule has 0 spiro atoms. The Kier molecular flexibility index (Phi) is 2.98. The summed E-state index contributed by atoms with van der Waals surface area (Å²) in [5, 5.41) is 17.1. The molecule has 0 fully saturated rings.